The first-order valence-electron chi connectivity index (χ1n) is 10.1. The minimum Gasteiger partial charge on any atom is -0.451 e. The highest BCUT2D eigenvalue weighted by molar-refractivity contribution is 6.02. The number of aryl methyl sites for hydroxylation is 1. The molecule has 160 valence electrons. The molecule has 1 aromatic heterocycles. The number of rotatable bonds is 8. The zero-order chi connectivity index (χ0) is 22.4. The Kier molecular flexibility index (Phi) is 6.97. The van der Waals surface area contributed by atoms with Gasteiger partial charge in [0.2, 0.25) is 11.7 Å². The summed E-state index contributed by atoms with van der Waals surface area (Å²) in [5.74, 6) is -0.964. The summed E-state index contributed by atoms with van der Waals surface area (Å²) in [6, 6.07) is 15.2. The molecule has 1 N–H and O–H groups in total. The van der Waals surface area contributed by atoms with Gasteiger partial charge >= 0.3 is 5.97 Å². The van der Waals surface area contributed by atoms with Crippen molar-refractivity contribution in [2.45, 2.75) is 39.7 Å². The van der Waals surface area contributed by atoms with Crippen molar-refractivity contribution in [3.8, 4) is 5.69 Å². The number of nitrogens with one attached hydrogen (secondary N) is 1. The molecule has 31 heavy (non-hydrogen) atoms. The third-order valence-electron chi connectivity index (χ3n) is 4.76. The lowest BCUT2D eigenvalue weighted by atomic mass is 10.1. The van der Waals surface area contributed by atoms with E-state index < -0.39 is 12.1 Å². The summed E-state index contributed by atoms with van der Waals surface area (Å²) < 4.78 is 7.11. The Morgan fingerprint density at radius 3 is 2.23 bits per heavy atom. The van der Waals surface area contributed by atoms with Gasteiger partial charge in [-0.15, -0.1) is 0 Å². The summed E-state index contributed by atoms with van der Waals surface area (Å²) in [5, 5.41) is 7.00. The second-order valence-corrected chi connectivity index (χ2v) is 7.22. The maximum Gasteiger partial charge on any atom is 0.338 e. The molecule has 0 aliphatic carbocycles. The Bertz CT molecular complexity index is 1070. The topological polar surface area (TPSA) is 90.3 Å². The first-order chi connectivity index (χ1) is 14.9. The van der Waals surface area contributed by atoms with Crippen LogP contribution in [0.15, 0.2) is 60.8 Å². The standard InChI is InChI=1S/C24H25N3O4/c1-4-5-22(28)26-20-10-6-18(7-11-20)23(29)17(3)31-24(30)19-8-12-21(13-9-19)27-16(2)14-15-25-27/h6-15,17H,4-5H2,1-3H3,(H,26,28)/t17-/m1/s1. The van der Waals surface area contributed by atoms with Gasteiger partial charge < -0.3 is 10.1 Å². The number of ketones is 1. The van der Waals surface area contributed by atoms with E-state index in [1.807, 2.05) is 19.9 Å². The third-order valence-corrected chi connectivity index (χ3v) is 4.76. The summed E-state index contributed by atoms with van der Waals surface area (Å²) >= 11 is 0. The van der Waals surface area contributed by atoms with E-state index in [4.69, 9.17) is 4.74 Å². The SMILES string of the molecule is CCCC(=O)Nc1ccc(C(=O)[C@@H](C)OC(=O)c2ccc(-n3nccc3C)cc2)cc1. The quantitative estimate of drug-likeness (QED) is 0.433. The smallest absolute Gasteiger partial charge is 0.338 e. The van der Waals surface area contributed by atoms with E-state index in [0.29, 0.717) is 23.2 Å². The Labute approximate surface area is 181 Å². The number of hydrogen-bond donors (Lipinski definition) is 1. The Balaban J connectivity index is 1.60. The molecule has 0 radical (unpaired) electrons. The highest BCUT2D eigenvalue weighted by atomic mass is 16.5. The van der Waals surface area contributed by atoms with Gasteiger partial charge in [-0.3, -0.25) is 9.59 Å². The second-order valence-electron chi connectivity index (χ2n) is 7.22. The van der Waals surface area contributed by atoms with Crippen molar-refractivity contribution in [1.82, 2.24) is 9.78 Å². The van der Waals surface area contributed by atoms with Crippen molar-refractivity contribution in [1.29, 1.82) is 0 Å². The van der Waals surface area contributed by atoms with E-state index in [9.17, 15) is 14.4 Å². The minimum atomic E-state index is -0.943. The molecule has 0 saturated heterocycles. The van der Waals surface area contributed by atoms with Gasteiger partial charge in [0.15, 0.2) is 6.10 Å². The van der Waals surface area contributed by atoms with Gasteiger partial charge in [-0.05, 0) is 74.9 Å². The van der Waals surface area contributed by atoms with Gasteiger partial charge in [-0.2, -0.15) is 5.10 Å². The van der Waals surface area contributed by atoms with Gasteiger partial charge in [-0.1, -0.05) is 6.92 Å². The number of anilines is 1. The number of nitrogens with zero attached hydrogens (tertiary/aromatic N) is 2. The number of carbonyl (C=O) groups is 3. The van der Waals surface area contributed by atoms with Crippen molar-refractivity contribution in [2.75, 3.05) is 5.32 Å². The summed E-state index contributed by atoms with van der Waals surface area (Å²) in [6.45, 7) is 5.41. The molecule has 7 heteroatoms. The largest absolute Gasteiger partial charge is 0.451 e. The van der Waals surface area contributed by atoms with Crippen LogP contribution in [-0.2, 0) is 9.53 Å². The van der Waals surface area contributed by atoms with Crippen molar-refractivity contribution in [3.05, 3.63) is 77.6 Å². The number of ether oxygens (including phenoxy) is 1. The van der Waals surface area contributed by atoms with E-state index in [0.717, 1.165) is 17.8 Å². The minimum absolute atomic E-state index is 0.0717. The average molecular weight is 419 g/mol. The van der Waals surface area contributed by atoms with Crippen LogP contribution in [-0.4, -0.2) is 33.5 Å². The Hall–Kier alpha value is -3.74. The first kappa shape index (κ1) is 22.0. The predicted octanol–water partition coefficient (Wildman–Crippen LogP) is 4.35. The van der Waals surface area contributed by atoms with E-state index in [1.165, 1.54) is 0 Å². The molecule has 0 fully saturated rings. The molecule has 7 nitrogen and oxygen atoms in total. The van der Waals surface area contributed by atoms with E-state index in [2.05, 4.69) is 10.4 Å². The molecule has 0 bridgehead atoms. The zero-order valence-corrected chi connectivity index (χ0v) is 17.8. The van der Waals surface area contributed by atoms with Crippen LogP contribution in [0.5, 0.6) is 0 Å². The molecular formula is C24H25N3O4. The van der Waals surface area contributed by atoms with Crippen LogP contribution in [0, 0.1) is 6.92 Å². The van der Waals surface area contributed by atoms with Crippen molar-refractivity contribution < 1.29 is 19.1 Å². The lowest BCUT2D eigenvalue weighted by Gasteiger charge is -2.13. The molecule has 0 spiro atoms. The number of esters is 1. The number of amides is 1. The zero-order valence-electron chi connectivity index (χ0n) is 17.8. The number of hydrogen-bond acceptors (Lipinski definition) is 5. The molecule has 3 aromatic rings. The monoisotopic (exact) mass is 419 g/mol. The molecule has 0 aliphatic rings. The predicted molar refractivity (Wildman–Crippen MR) is 117 cm³/mol. The van der Waals surface area contributed by atoms with Crippen LogP contribution in [0.1, 0.15) is 53.1 Å². The fraction of sp³-hybridized carbons (Fsp3) is 0.250. The Morgan fingerprint density at radius 2 is 1.65 bits per heavy atom. The maximum absolute atomic E-state index is 12.6. The molecule has 0 aliphatic heterocycles. The first-order valence-corrected chi connectivity index (χ1v) is 10.1. The molecule has 3 rings (SSSR count). The molecule has 1 heterocycles. The summed E-state index contributed by atoms with van der Waals surface area (Å²) in [5.41, 5.74) is 3.17. The second kappa shape index (κ2) is 9.84. The van der Waals surface area contributed by atoms with Gasteiger partial charge in [0.25, 0.3) is 0 Å². The Morgan fingerprint density at radius 1 is 1.00 bits per heavy atom. The average Bonchev–Trinajstić information content (AvgIpc) is 3.19. The van der Waals surface area contributed by atoms with Gasteiger partial charge in [0.1, 0.15) is 0 Å². The fourth-order valence-corrected chi connectivity index (χ4v) is 3.06. The third kappa shape index (κ3) is 5.45. The van der Waals surface area contributed by atoms with Crippen LogP contribution in [0.4, 0.5) is 5.69 Å². The molecule has 1 amide bonds. The maximum atomic E-state index is 12.6. The van der Waals surface area contributed by atoms with Crippen molar-refractivity contribution in [3.63, 3.8) is 0 Å². The number of Topliss-reactive ketones (excluding diaryl/α,β-unsaturated/α-hetero) is 1. The van der Waals surface area contributed by atoms with Crippen LogP contribution >= 0.6 is 0 Å². The number of carbonyl (C=O) groups excluding carboxylic acids is 3. The molecule has 0 saturated carbocycles. The van der Waals surface area contributed by atoms with Crippen LogP contribution < -0.4 is 5.32 Å². The van der Waals surface area contributed by atoms with Crippen molar-refractivity contribution >= 4 is 23.3 Å². The van der Waals surface area contributed by atoms with E-state index in [-0.39, 0.29) is 11.7 Å². The number of aromatic nitrogens is 2. The van der Waals surface area contributed by atoms with Crippen molar-refractivity contribution in [2.24, 2.45) is 0 Å². The van der Waals surface area contributed by atoms with Crippen LogP contribution in [0.2, 0.25) is 0 Å². The molecule has 1 atom stereocenters. The summed E-state index contributed by atoms with van der Waals surface area (Å²) in [4.78, 5) is 36.7. The van der Waals surface area contributed by atoms with E-state index in [1.54, 1.807) is 66.3 Å². The molecule has 0 unspecified atom stereocenters. The lowest BCUT2D eigenvalue weighted by molar-refractivity contribution is -0.116. The molecule has 2 aromatic carbocycles. The van der Waals surface area contributed by atoms with Gasteiger partial charge in [-0.25, -0.2) is 9.48 Å². The molecular weight excluding hydrogens is 394 g/mol. The summed E-state index contributed by atoms with van der Waals surface area (Å²) in [6.07, 6.45) is 1.96. The lowest BCUT2D eigenvalue weighted by Crippen LogP contribution is -2.24. The van der Waals surface area contributed by atoms with Crippen LogP contribution in [0.25, 0.3) is 5.69 Å². The van der Waals surface area contributed by atoms with Gasteiger partial charge in [0.05, 0.1) is 11.3 Å². The highest BCUT2D eigenvalue weighted by Gasteiger charge is 2.20. The van der Waals surface area contributed by atoms with Gasteiger partial charge in [0, 0.05) is 29.6 Å². The fourth-order valence-electron chi connectivity index (χ4n) is 3.06. The normalized spacial score (nSPS) is 11.6. The van der Waals surface area contributed by atoms with E-state index >= 15 is 0 Å². The van der Waals surface area contributed by atoms with Crippen LogP contribution in [0.3, 0.4) is 0 Å². The summed E-state index contributed by atoms with van der Waals surface area (Å²) in [7, 11) is 0. The highest BCUT2D eigenvalue weighted by Crippen LogP contribution is 2.16. The number of benzene rings is 2.